The second-order valence-corrected chi connectivity index (χ2v) is 4.22. The van der Waals surface area contributed by atoms with Gasteiger partial charge in [0, 0.05) is 11.6 Å². The van der Waals surface area contributed by atoms with E-state index in [9.17, 15) is 19.7 Å². The summed E-state index contributed by atoms with van der Waals surface area (Å²) < 4.78 is 10.0. The first-order valence-electron chi connectivity index (χ1n) is 6.15. The lowest BCUT2D eigenvalue weighted by Crippen LogP contribution is -2.01. The van der Waals surface area contributed by atoms with E-state index in [1.54, 1.807) is 12.1 Å². The molecule has 0 saturated heterocycles. The molecule has 0 bridgehead atoms. The molecule has 0 aliphatic rings. The zero-order chi connectivity index (χ0) is 16.1. The molecule has 112 valence electrons. The molecule has 2 rings (SSSR count). The minimum absolute atomic E-state index is 0.0300. The van der Waals surface area contributed by atoms with E-state index < -0.39 is 10.9 Å². The van der Waals surface area contributed by atoms with Gasteiger partial charge >= 0.3 is 11.7 Å². The van der Waals surface area contributed by atoms with Gasteiger partial charge in [-0.25, -0.2) is 4.79 Å². The van der Waals surface area contributed by atoms with Crippen molar-refractivity contribution in [2.45, 2.75) is 0 Å². The monoisotopic (exact) mass is 301 g/mol. The standard InChI is InChI=1S/C15H11NO6/c1-21-15(18)11-3-2-4-12(8-11)22-14-6-5-10(9-17)7-13(14)16(19)20/h2-9H,1H3. The number of hydrogen-bond donors (Lipinski definition) is 0. The van der Waals surface area contributed by atoms with Crippen molar-refractivity contribution in [3.05, 3.63) is 63.7 Å². The van der Waals surface area contributed by atoms with Crippen molar-refractivity contribution >= 4 is 17.9 Å². The number of nitro groups is 1. The lowest BCUT2D eigenvalue weighted by Gasteiger charge is -2.08. The average molecular weight is 301 g/mol. The highest BCUT2D eigenvalue weighted by molar-refractivity contribution is 5.89. The van der Waals surface area contributed by atoms with Crippen molar-refractivity contribution in [3.8, 4) is 11.5 Å². The summed E-state index contributed by atoms with van der Waals surface area (Å²) >= 11 is 0. The molecule has 0 aliphatic carbocycles. The van der Waals surface area contributed by atoms with E-state index in [0.717, 1.165) is 6.07 Å². The van der Waals surface area contributed by atoms with Gasteiger partial charge in [0.2, 0.25) is 5.75 Å². The molecular weight excluding hydrogens is 290 g/mol. The Morgan fingerprint density at radius 3 is 2.64 bits per heavy atom. The van der Waals surface area contributed by atoms with Crippen LogP contribution in [0.1, 0.15) is 20.7 Å². The quantitative estimate of drug-likeness (QED) is 0.364. The number of carbonyl (C=O) groups excluding carboxylic acids is 2. The molecule has 0 saturated carbocycles. The molecule has 0 aliphatic heterocycles. The lowest BCUT2D eigenvalue weighted by molar-refractivity contribution is -0.385. The van der Waals surface area contributed by atoms with E-state index in [0.29, 0.717) is 6.29 Å². The van der Waals surface area contributed by atoms with E-state index >= 15 is 0 Å². The van der Waals surface area contributed by atoms with Crippen LogP contribution in [0.4, 0.5) is 5.69 Å². The van der Waals surface area contributed by atoms with Crippen LogP contribution in [0.15, 0.2) is 42.5 Å². The number of nitro benzene ring substituents is 1. The molecule has 2 aromatic rings. The minimum atomic E-state index is -0.646. The lowest BCUT2D eigenvalue weighted by atomic mass is 10.2. The van der Waals surface area contributed by atoms with Gasteiger partial charge in [-0.3, -0.25) is 14.9 Å². The molecule has 0 aromatic heterocycles. The SMILES string of the molecule is COC(=O)c1cccc(Oc2ccc(C=O)cc2[N+](=O)[O-])c1. The molecule has 0 atom stereocenters. The summed E-state index contributed by atoms with van der Waals surface area (Å²) in [7, 11) is 1.25. The topological polar surface area (TPSA) is 95.7 Å². The third-order valence-electron chi connectivity index (χ3n) is 2.80. The smallest absolute Gasteiger partial charge is 0.337 e. The number of rotatable bonds is 5. The van der Waals surface area contributed by atoms with Crippen molar-refractivity contribution in [3.63, 3.8) is 0 Å². The zero-order valence-electron chi connectivity index (χ0n) is 11.5. The fourth-order valence-electron chi connectivity index (χ4n) is 1.77. The van der Waals surface area contributed by atoms with Gasteiger partial charge < -0.3 is 9.47 Å². The van der Waals surface area contributed by atoms with Gasteiger partial charge in [0.25, 0.3) is 0 Å². The number of esters is 1. The summed E-state index contributed by atoms with van der Waals surface area (Å²) in [6.45, 7) is 0. The fraction of sp³-hybridized carbons (Fsp3) is 0.0667. The van der Waals surface area contributed by atoms with Crippen LogP contribution >= 0.6 is 0 Å². The van der Waals surface area contributed by atoms with E-state index in [-0.39, 0.29) is 28.3 Å². The maximum absolute atomic E-state index is 11.5. The fourth-order valence-corrected chi connectivity index (χ4v) is 1.77. The third-order valence-corrected chi connectivity index (χ3v) is 2.80. The highest BCUT2D eigenvalue weighted by atomic mass is 16.6. The Hall–Kier alpha value is -3.22. The number of carbonyl (C=O) groups is 2. The van der Waals surface area contributed by atoms with Crippen LogP contribution < -0.4 is 4.74 Å². The van der Waals surface area contributed by atoms with Crippen LogP contribution in [0.5, 0.6) is 11.5 Å². The van der Waals surface area contributed by atoms with Crippen LogP contribution in [0.3, 0.4) is 0 Å². The number of aldehydes is 1. The molecule has 0 fully saturated rings. The van der Waals surface area contributed by atoms with E-state index in [1.165, 1.54) is 31.4 Å². The van der Waals surface area contributed by atoms with Gasteiger partial charge in [-0.05, 0) is 30.3 Å². The second kappa shape index (κ2) is 6.49. The molecule has 7 heteroatoms. The van der Waals surface area contributed by atoms with E-state index in [1.807, 2.05) is 0 Å². The van der Waals surface area contributed by atoms with Gasteiger partial charge in [-0.2, -0.15) is 0 Å². The van der Waals surface area contributed by atoms with Gasteiger partial charge in [0.05, 0.1) is 17.6 Å². The van der Waals surface area contributed by atoms with Crippen molar-refractivity contribution < 1.29 is 24.0 Å². The summed E-state index contributed by atoms with van der Waals surface area (Å²) in [5, 5.41) is 11.0. The Labute approximate surface area is 125 Å². The maximum atomic E-state index is 11.5. The molecular formula is C15H11NO6. The number of ether oxygens (including phenoxy) is 2. The number of benzene rings is 2. The van der Waals surface area contributed by atoms with Gasteiger partial charge in [0.1, 0.15) is 12.0 Å². The Kier molecular flexibility index (Phi) is 4.47. The number of hydrogen-bond acceptors (Lipinski definition) is 6. The highest BCUT2D eigenvalue weighted by Crippen LogP contribution is 2.32. The van der Waals surface area contributed by atoms with Crippen molar-refractivity contribution in [2.24, 2.45) is 0 Å². The molecule has 0 N–H and O–H groups in total. The molecule has 22 heavy (non-hydrogen) atoms. The summed E-state index contributed by atoms with van der Waals surface area (Å²) in [4.78, 5) is 32.5. The van der Waals surface area contributed by atoms with Crippen LogP contribution in [0, 0.1) is 10.1 Å². The Balaban J connectivity index is 2.36. The first-order chi connectivity index (χ1) is 10.5. The summed E-state index contributed by atoms with van der Waals surface area (Å²) in [6.07, 6.45) is 0.509. The molecule has 2 aromatic carbocycles. The number of nitrogens with zero attached hydrogens (tertiary/aromatic N) is 1. The molecule has 0 spiro atoms. The normalized spacial score (nSPS) is 9.86. The first-order valence-corrected chi connectivity index (χ1v) is 6.15. The third kappa shape index (κ3) is 3.26. The Morgan fingerprint density at radius 2 is 2.00 bits per heavy atom. The predicted octanol–water partition coefficient (Wildman–Crippen LogP) is 2.99. The predicted molar refractivity (Wildman–Crippen MR) is 76.3 cm³/mol. The summed E-state index contributed by atoms with van der Waals surface area (Å²) in [5.74, 6) is -0.335. The van der Waals surface area contributed by atoms with E-state index in [2.05, 4.69) is 4.74 Å². The van der Waals surface area contributed by atoms with Crippen molar-refractivity contribution in [2.75, 3.05) is 7.11 Å². The first kappa shape index (κ1) is 15.2. The Morgan fingerprint density at radius 1 is 1.23 bits per heavy atom. The molecule has 7 nitrogen and oxygen atoms in total. The average Bonchev–Trinajstić information content (AvgIpc) is 2.54. The molecule has 0 radical (unpaired) electrons. The largest absolute Gasteiger partial charge is 0.465 e. The second-order valence-electron chi connectivity index (χ2n) is 4.22. The summed E-state index contributed by atoms with van der Waals surface area (Å²) in [6, 6.07) is 9.89. The van der Waals surface area contributed by atoms with Crippen LogP contribution in [-0.4, -0.2) is 24.3 Å². The zero-order valence-corrected chi connectivity index (χ0v) is 11.5. The van der Waals surface area contributed by atoms with Gasteiger partial charge in [-0.1, -0.05) is 6.07 Å². The Bertz CT molecular complexity index is 741. The number of methoxy groups -OCH3 is 1. The van der Waals surface area contributed by atoms with Gasteiger partial charge in [-0.15, -0.1) is 0 Å². The maximum Gasteiger partial charge on any atom is 0.337 e. The van der Waals surface area contributed by atoms with Crippen LogP contribution in [0.2, 0.25) is 0 Å². The van der Waals surface area contributed by atoms with Crippen LogP contribution in [-0.2, 0) is 4.74 Å². The molecule has 0 amide bonds. The minimum Gasteiger partial charge on any atom is -0.465 e. The highest BCUT2D eigenvalue weighted by Gasteiger charge is 2.17. The summed E-state index contributed by atoms with van der Waals surface area (Å²) in [5.41, 5.74) is 0.0857. The van der Waals surface area contributed by atoms with Crippen molar-refractivity contribution in [1.82, 2.24) is 0 Å². The molecule has 0 unspecified atom stereocenters. The van der Waals surface area contributed by atoms with Crippen LogP contribution in [0.25, 0.3) is 0 Å². The molecule has 0 heterocycles. The van der Waals surface area contributed by atoms with E-state index in [4.69, 9.17) is 4.74 Å². The van der Waals surface area contributed by atoms with Gasteiger partial charge in [0.15, 0.2) is 0 Å². The van der Waals surface area contributed by atoms with Crippen molar-refractivity contribution in [1.29, 1.82) is 0 Å².